The molecule has 2 amide bonds. The number of thioether (sulfide) groups is 2. The van der Waals surface area contributed by atoms with Crippen molar-refractivity contribution in [2.24, 2.45) is 0 Å². The zero-order chi connectivity index (χ0) is 22.0. The van der Waals surface area contributed by atoms with Gasteiger partial charge in [-0.2, -0.15) is 5.10 Å². The molecule has 2 aromatic heterocycles. The molecule has 0 saturated carbocycles. The molecular formula is C18H14N4O5S4. The van der Waals surface area contributed by atoms with E-state index in [-0.39, 0.29) is 21.8 Å². The van der Waals surface area contributed by atoms with Gasteiger partial charge in [0.25, 0.3) is 11.8 Å². The van der Waals surface area contributed by atoms with E-state index in [0.717, 1.165) is 0 Å². The van der Waals surface area contributed by atoms with Gasteiger partial charge in [0.1, 0.15) is 38.3 Å². The Bertz CT molecular complexity index is 1120. The monoisotopic (exact) mass is 494 g/mol. The lowest BCUT2D eigenvalue weighted by molar-refractivity contribution is -0.150. The molecule has 0 aliphatic carbocycles. The van der Waals surface area contributed by atoms with Gasteiger partial charge >= 0.3 is 5.97 Å². The number of carbonyl (C=O) groups is 3. The first kappa shape index (κ1) is 21.7. The van der Waals surface area contributed by atoms with Gasteiger partial charge in [-0.25, -0.2) is 9.00 Å². The zero-order valence-electron chi connectivity index (χ0n) is 15.6. The molecule has 1 fully saturated rings. The standard InChI is InChI=1S/C18H14N4O5S4/c23-15(14(31-27)10-3-2-6-28-10)20-12-16(24)22-13(18(25)26)9(8-30-17(12)22)7-29-11-4-1-5-19-21-11/h1-6,12,17H,7-8H2,(H,20,23)(H,25,26)/t12?,17-/m1/s1. The fourth-order valence-corrected chi connectivity index (χ4v) is 6.63. The van der Waals surface area contributed by atoms with E-state index in [9.17, 15) is 23.7 Å². The smallest absolute Gasteiger partial charge is 0.352 e. The number of nitrogens with zero attached hydrogens (tertiary/aromatic N) is 3. The lowest BCUT2D eigenvalue weighted by Crippen LogP contribution is -2.71. The molecule has 2 aliphatic rings. The third-order valence-corrected chi connectivity index (χ3v) is 8.45. The molecule has 2 aliphatic heterocycles. The second-order valence-corrected chi connectivity index (χ2v) is 9.98. The number of aromatic nitrogens is 2. The zero-order valence-corrected chi connectivity index (χ0v) is 18.9. The third-order valence-electron chi connectivity index (χ3n) is 4.51. The molecule has 1 saturated heterocycles. The largest absolute Gasteiger partial charge is 0.477 e. The number of carbonyl (C=O) groups excluding carboxylic acids is 2. The van der Waals surface area contributed by atoms with Crippen LogP contribution in [-0.2, 0) is 25.6 Å². The van der Waals surface area contributed by atoms with Crippen LogP contribution in [0.1, 0.15) is 4.88 Å². The number of hydrogen-bond acceptors (Lipinski definition) is 9. The predicted octanol–water partition coefficient (Wildman–Crippen LogP) is 0.803. The van der Waals surface area contributed by atoms with Gasteiger partial charge < -0.3 is 10.4 Å². The van der Waals surface area contributed by atoms with E-state index in [1.54, 1.807) is 35.8 Å². The average Bonchev–Trinajstić information content (AvgIpc) is 3.30. The Hall–Kier alpha value is -2.48. The molecular weight excluding hydrogens is 480 g/mol. The molecule has 2 aromatic rings. The second-order valence-electron chi connectivity index (χ2n) is 6.36. The Balaban J connectivity index is 1.49. The van der Waals surface area contributed by atoms with Gasteiger partial charge in [0.2, 0.25) is 0 Å². The van der Waals surface area contributed by atoms with Crippen molar-refractivity contribution in [3.8, 4) is 0 Å². The Morgan fingerprint density at radius 3 is 2.81 bits per heavy atom. The van der Waals surface area contributed by atoms with Crippen LogP contribution in [0.3, 0.4) is 0 Å². The minimum absolute atomic E-state index is 0.0166. The van der Waals surface area contributed by atoms with Gasteiger partial charge in [0, 0.05) is 17.7 Å². The van der Waals surface area contributed by atoms with Crippen LogP contribution in [-0.4, -0.2) is 70.0 Å². The van der Waals surface area contributed by atoms with Crippen molar-refractivity contribution in [1.29, 1.82) is 0 Å². The summed E-state index contributed by atoms with van der Waals surface area (Å²) in [5.41, 5.74) is 0.541. The summed E-state index contributed by atoms with van der Waals surface area (Å²) in [5.74, 6) is -1.59. The minimum atomic E-state index is -1.20. The van der Waals surface area contributed by atoms with Crippen LogP contribution in [0.2, 0.25) is 0 Å². The van der Waals surface area contributed by atoms with Crippen LogP contribution in [0, 0.1) is 0 Å². The number of nitrogens with one attached hydrogen (secondary N) is 1. The number of carboxylic acid groups (broad SMARTS) is 1. The van der Waals surface area contributed by atoms with E-state index in [1.807, 2.05) is 0 Å². The van der Waals surface area contributed by atoms with Crippen molar-refractivity contribution in [2.45, 2.75) is 16.4 Å². The maximum absolute atomic E-state index is 12.7. The summed E-state index contributed by atoms with van der Waals surface area (Å²) in [7, 11) is 0. The highest BCUT2D eigenvalue weighted by Crippen LogP contribution is 2.41. The van der Waals surface area contributed by atoms with Crippen LogP contribution in [0.25, 0.3) is 0 Å². The van der Waals surface area contributed by atoms with Crippen molar-refractivity contribution < 1.29 is 23.7 Å². The Labute approximate surface area is 192 Å². The number of aliphatic carboxylic acids is 1. The van der Waals surface area contributed by atoms with Crippen molar-refractivity contribution in [3.63, 3.8) is 0 Å². The van der Waals surface area contributed by atoms with Crippen LogP contribution in [0.4, 0.5) is 0 Å². The first-order valence-corrected chi connectivity index (χ1v) is 12.5. The van der Waals surface area contributed by atoms with Gasteiger partial charge in [-0.1, -0.05) is 6.07 Å². The highest BCUT2D eigenvalue weighted by molar-refractivity contribution is 8.01. The molecule has 1 unspecified atom stereocenters. The molecule has 2 N–H and O–H groups in total. The second kappa shape index (κ2) is 9.34. The Morgan fingerprint density at radius 1 is 1.32 bits per heavy atom. The van der Waals surface area contributed by atoms with Gasteiger partial charge in [0.15, 0.2) is 0 Å². The molecule has 13 heteroatoms. The highest BCUT2D eigenvalue weighted by atomic mass is 32.2. The molecule has 9 nitrogen and oxygen atoms in total. The molecule has 0 aromatic carbocycles. The van der Waals surface area contributed by atoms with Gasteiger partial charge in [-0.3, -0.25) is 14.5 Å². The summed E-state index contributed by atoms with van der Waals surface area (Å²) < 4.78 is 11.4. The van der Waals surface area contributed by atoms with Crippen LogP contribution >= 0.6 is 34.9 Å². The van der Waals surface area contributed by atoms with E-state index in [1.165, 1.54) is 39.8 Å². The Morgan fingerprint density at radius 2 is 2.16 bits per heavy atom. The number of hydrogen-bond donors (Lipinski definition) is 2. The average molecular weight is 495 g/mol. The summed E-state index contributed by atoms with van der Waals surface area (Å²) in [6.07, 6.45) is 1.55. The summed E-state index contributed by atoms with van der Waals surface area (Å²) in [4.78, 5) is 38.9. The van der Waals surface area contributed by atoms with Gasteiger partial charge in [0.05, 0.1) is 4.88 Å². The van der Waals surface area contributed by atoms with E-state index in [2.05, 4.69) is 15.5 Å². The SMILES string of the molecule is O=S=C(C(=O)NC1C(=O)N2C(C(=O)O)=C(CSc3cccnn3)CS[C@H]12)c1cccs1. The predicted molar refractivity (Wildman–Crippen MR) is 119 cm³/mol. The van der Waals surface area contributed by atoms with E-state index < -0.39 is 29.2 Å². The normalized spacial score (nSPS) is 20.0. The van der Waals surface area contributed by atoms with Crippen molar-refractivity contribution >= 4 is 68.8 Å². The quantitative estimate of drug-likeness (QED) is 0.248. The number of rotatable bonds is 7. The van der Waals surface area contributed by atoms with Crippen LogP contribution in [0.5, 0.6) is 0 Å². The first-order valence-electron chi connectivity index (χ1n) is 8.83. The molecule has 4 rings (SSSR count). The summed E-state index contributed by atoms with van der Waals surface area (Å²) >= 11 is 4.04. The fourth-order valence-electron chi connectivity index (χ4n) is 3.13. The molecule has 0 spiro atoms. The highest BCUT2D eigenvalue weighted by Gasteiger charge is 2.54. The van der Waals surface area contributed by atoms with E-state index in [4.69, 9.17) is 0 Å². The minimum Gasteiger partial charge on any atom is -0.477 e. The maximum Gasteiger partial charge on any atom is 0.352 e. The van der Waals surface area contributed by atoms with Crippen molar-refractivity contribution in [2.75, 3.05) is 11.5 Å². The molecule has 0 bridgehead atoms. The third kappa shape index (κ3) is 4.31. The van der Waals surface area contributed by atoms with Crippen molar-refractivity contribution in [3.05, 3.63) is 52.0 Å². The number of thiophene rings is 1. The fraction of sp³-hybridized carbons (Fsp3) is 0.222. The molecule has 31 heavy (non-hydrogen) atoms. The van der Waals surface area contributed by atoms with Crippen molar-refractivity contribution in [1.82, 2.24) is 20.4 Å². The number of β-lactam (4-membered cyclic amide) rings is 1. The molecule has 4 heterocycles. The molecule has 160 valence electrons. The first-order chi connectivity index (χ1) is 15.0. The summed E-state index contributed by atoms with van der Waals surface area (Å²) in [6.45, 7) is 0. The lowest BCUT2D eigenvalue weighted by Gasteiger charge is -2.49. The number of carboxylic acids is 1. The van der Waals surface area contributed by atoms with E-state index in [0.29, 0.717) is 27.0 Å². The Kier molecular flexibility index (Phi) is 6.55. The maximum atomic E-state index is 12.7. The van der Waals surface area contributed by atoms with E-state index >= 15 is 0 Å². The van der Waals surface area contributed by atoms with Gasteiger partial charge in [-0.05, 0) is 29.2 Å². The molecule has 2 atom stereocenters. The van der Waals surface area contributed by atoms with Gasteiger partial charge in [-0.15, -0.1) is 40.0 Å². The van der Waals surface area contributed by atoms with Crippen LogP contribution < -0.4 is 5.32 Å². The summed E-state index contributed by atoms with van der Waals surface area (Å²) in [6, 6.07) is 6.00. The lowest BCUT2D eigenvalue weighted by atomic mass is 10.0. The number of amides is 2. The topological polar surface area (TPSA) is 130 Å². The number of fused-ring (bicyclic) bond motifs is 1. The van der Waals surface area contributed by atoms with Crippen LogP contribution in [0.15, 0.2) is 52.1 Å². The molecule has 0 radical (unpaired) electrons. The summed E-state index contributed by atoms with van der Waals surface area (Å²) in [5, 5.41) is 21.9.